The van der Waals surface area contributed by atoms with Crippen molar-refractivity contribution in [2.75, 3.05) is 13.2 Å². The van der Waals surface area contributed by atoms with E-state index in [9.17, 15) is 4.79 Å². The second-order valence-electron chi connectivity index (χ2n) is 5.40. The van der Waals surface area contributed by atoms with Gasteiger partial charge in [0.1, 0.15) is 5.75 Å². The molecule has 2 aliphatic heterocycles. The van der Waals surface area contributed by atoms with Crippen molar-refractivity contribution in [2.45, 2.75) is 38.3 Å². The van der Waals surface area contributed by atoms with Crippen LogP contribution >= 0.6 is 0 Å². The van der Waals surface area contributed by atoms with Gasteiger partial charge in [-0.05, 0) is 36.6 Å². The van der Waals surface area contributed by atoms with Gasteiger partial charge in [-0.3, -0.25) is 9.69 Å². The number of hydrogen-bond acceptors (Lipinski definition) is 3. The fraction of sp³-hybridized carbons (Fsp3) is 0.533. The predicted molar refractivity (Wildman–Crippen MR) is 71.3 cm³/mol. The van der Waals surface area contributed by atoms with Gasteiger partial charge in [-0.2, -0.15) is 0 Å². The maximum absolute atomic E-state index is 10.9. The van der Waals surface area contributed by atoms with Crippen LogP contribution in [0, 0.1) is 0 Å². The summed E-state index contributed by atoms with van der Waals surface area (Å²) in [6, 6.07) is 6.54. The summed E-state index contributed by atoms with van der Waals surface area (Å²) in [5.41, 5.74) is 2.55. The fourth-order valence-corrected chi connectivity index (χ4v) is 3.11. The van der Waals surface area contributed by atoms with Gasteiger partial charge in [0.05, 0.1) is 13.0 Å². The van der Waals surface area contributed by atoms with E-state index in [0.717, 1.165) is 44.7 Å². The molecule has 1 atom stereocenters. The van der Waals surface area contributed by atoms with E-state index in [1.165, 1.54) is 11.1 Å². The van der Waals surface area contributed by atoms with E-state index >= 15 is 0 Å². The molecule has 4 heteroatoms. The van der Waals surface area contributed by atoms with Crippen molar-refractivity contribution in [3.63, 3.8) is 0 Å². The molecule has 3 rings (SSSR count). The van der Waals surface area contributed by atoms with Crippen LogP contribution in [0.4, 0.5) is 0 Å². The van der Waals surface area contributed by atoms with Gasteiger partial charge in [-0.25, -0.2) is 0 Å². The highest BCUT2D eigenvalue weighted by Crippen LogP contribution is 2.28. The van der Waals surface area contributed by atoms with Crippen molar-refractivity contribution in [3.8, 4) is 5.75 Å². The minimum absolute atomic E-state index is 0.196. The number of carboxylic acid groups (broad SMARTS) is 1. The molecule has 0 bridgehead atoms. The first-order valence-corrected chi connectivity index (χ1v) is 6.93. The van der Waals surface area contributed by atoms with Gasteiger partial charge in [0.2, 0.25) is 0 Å². The molecule has 2 heterocycles. The summed E-state index contributed by atoms with van der Waals surface area (Å²) >= 11 is 0. The molecular weight excluding hydrogens is 242 g/mol. The average Bonchev–Trinajstić information content (AvgIpc) is 2.98. The van der Waals surface area contributed by atoms with Crippen LogP contribution in [0.15, 0.2) is 18.2 Å². The molecule has 102 valence electrons. The highest BCUT2D eigenvalue weighted by atomic mass is 16.5. The summed E-state index contributed by atoms with van der Waals surface area (Å²) in [5, 5.41) is 8.94. The molecule has 2 aliphatic rings. The molecule has 0 amide bonds. The van der Waals surface area contributed by atoms with Crippen LogP contribution in [-0.4, -0.2) is 35.2 Å². The Labute approximate surface area is 113 Å². The van der Waals surface area contributed by atoms with Crippen LogP contribution in [0.1, 0.15) is 30.4 Å². The lowest BCUT2D eigenvalue weighted by Gasteiger charge is -2.23. The van der Waals surface area contributed by atoms with E-state index < -0.39 is 5.97 Å². The largest absolute Gasteiger partial charge is 0.493 e. The lowest BCUT2D eigenvalue weighted by molar-refractivity contribution is -0.138. The normalized spacial score (nSPS) is 22.2. The Morgan fingerprint density at radius 1 is 1.47 bits per heavy atom. The van der Waals surface area contributed by atoms with E-state index in [0.29, 0.717) is 0 Å². The van der Waals surface area contributed by atoms with E-state index in [-0.39, 0.29) is 12.5 Å². The first kappa shape index (κ1) is 12.5. The maximum Gasteiger partial charge on any atom is 0.304 e. The van der Waals surface area contributed by atoms with Crippen molar-refractivity contribution in [2.24, 2.45) is 0 Å². The minimum Gasteiger partial charge on any atom is -0.493 e. The van der Waals surface area contributed by atoms with Gasteiger partial charge in [0.25, 0.3) is 0 Å². The third-order valence-corrected chi connectivity index (χ3v) is 4.05. The SMILES string of the molecule is O=C(O)CC1CCCN1Cc1ccc2c(c1)CCO2. The van der Waals surface area contributed by atoms with Crippen LogP contribution < -0.4 is 4.74 Å². The zero-order chi connectivity index (χ0) is 13.2. The molecule has 1 N–H and O–H groups in total. The number of ether oxygens (including phenoxy) is 1. The molecule has 4 nitrogen and oxygen atoms in total. The van der Waals surface area contributed by atoms with Gasteiger partial charge < -0.3 is 9.84 Å². The van der Waals surface area contributed by atoms with Crippen molar-refractivity contribution < 1.29 is 14.6 Å². The number of carbonyl (C=O) groups is 1. The predicted octanol–water partition coefficient (Wildman–Crippen LogP) is 2.06. The fourth-order valence-electron chi connectivity index (χ4n) is 3.11. The molecule has 1 aromatic rings. The van der Waals surface area contributed by atoms with E-state index in [4.69, 9.17) is 9.84 Å². The minimum atomic E-state index is -0.695. The van der Waals surface area contributed by atoms with Gasteiger partial charge in [0, 0.05) is 19.0 Å². The Morgan fingerprint density at radius 2 is 2.37 bits per heavy atom. The summed E-state index contributed by atoms with van der Waals surface area (Å²) in [4.78, 5) is 13.2. The molecule has 0 radical (unpaired) electrons. The summed E-state index contributed by atoms with van der Waals surface area (Å²) in [6.07, 6.45) is 3.35. The monoisotopic (exact) mass is 261 g/mol. The number of rotatable bonds is 4. The molecular formula is C15H19NO3. The lowest BCUT2D eigenvalue weighted by Crippen LogP contribution is -2.30. The smallest absolute Gasteiger partial charge is 0.304 e. The Morgan fingerprint density at radius 3 is 3.21 bits per heavy atom. The van der Waals surface area contributed by atoms with Crippen LogP contribution in [-0.2, 0) is 17.8 Å². The van der Waals surface area contributed by atoms with Crippen molar-refractivity contribution in [1.82, 2.24) is 4.90 Å². The number of nitrogens with zero attached hydrogens (tertiary/aromatic N) is 1. The lowest BCUT2D eigenvalue weighted by atomic mass is 10.1. The number of carboxylic acids is 1. The number of aliphatic carboxylic acids is 1. The van der Waals surface area contributed by atoms with Gasteiger partial charge in [0.15, 0.2) is 0 Å². The third-order valence-electron chi connectivity index (χ3n) is 4.05. The van der Waals surface area contributed by atoms with Gasteiger partial charge in [-0.1, -0.05) is 12.1 Å². The van der Waals surface area contributed by atoms with Gasteiger partial charge in [-0.15, -0.1) is 0 Å². The third kappa shape index (κ3) is 2.73. The van der Waals surface area contributed by atoms with Crippen molar-refractivity contribution >= 4 is 5.97 Å². The second-order valence-corrected chi connectivity index (χ2v) is 5.40. The highest BCUT2D eigenvalue weighted by molar-refractivity contribution is 5.67. The van der Waals surface area contributed by atoms with Crippen LogP contribution in [0.3, 0.4) is 0 Å². The van der Waals surface area contributed by atoms with Crippen molar-refractivity contribution in [3.05, 3.63) is 29.3 Å². The number of benzene rings is 1. The first-order valence-electron chi connectivity index (χ1n) is 6.93. The Bertz CT molecular complexity index is 486. The molecule has 0 spiro atoms. The summed E-state index contributed by atoms with van der Waals surface area (Å²) in [6.45, 7) is 2.64. The van der Waals surface area contributed by atoms with E-state index in [1.807, 2.05) is 6.07 Å². The quantitative estimate of drug-likeness (QED) is 0.901. The molecule has 1 fully saturated rings. The van der Waals surface area contributed by atoms with Crippen LogP contribution in [0.2, 0.25) is 0 Å². The molecule has 0 aromatic heterocycles. The standard InChI is InChI=1S/C15H19NO3/c17-15(18)9-13-2-1-6-16(13)10-11-3-4-14-12(8-11)5-7-19-14/h3-4,8,13H,1-2,5-7,9-10H2,(H,17,18). The van der Waals surface area contributed by atoms with Crippen LogP contribution in [0.25, 0.3) is 0 Å². The molecule has 1 aromatic carbocycles. The average molecular weight is 261 g/mol. The second kappa shape index (κ2) is 5.21. The zero-order valence-electron chi connectivity index (χ0n) is 11.0. The van der Waals surface area contributed by atoms with Crippen molar-refractivity contribution in [1.29, 1.82) is 0 Å². The maximum atomic E-state index is 10.9. The van der Waals surface area contributed by atoms with E-state index in [1.54, 1.807) is 0 Å². The van der Waals surface area contributed by atoms with E-state index in [2.05, 4.69) is 17.0 Å². The van der Waals surface area contributed by atoms with Crippen LogP contribution in [0.5, 0.6) is 5.75 Å². The number of likely N-dealkylation sites (tertiary alicyclic amines) is 1. The number of fused-ring (bicyclic) bond motifs is 1. The number of hydrogen-bond donors (Lipinski definition) is 1. The molecule has 0 aliphatic carbocycles. The van der Waals surface area contributed by atoms with Gasteiger partial charge >= 0.3 is 5.97 Å². The Hall–Kier alpha value is -1.55. The summed E-state index contributed by atoms with van der Waals surface area (Å²) in [7, 11) is 0. The molecule has 0 saturated carbocycles. The molecule has 19 heavy (non-hydrogen) atoms. The first-order chi connectivity index (χ1) is 9.22. The topological polar surface area (TPSA) is 49.8 Å². The molecule has 1 saturated heterocycles. The Balaban J connectivity index is 1.68. The zero-order valence-corrected chi connectivity index (χ0v) is 11.0. The highest BCUT2D eigenvalue weighted by Gasteiger charge is 2.26. The Kier molecular flexibility index (Phi) is 3.42. The molecule has 1 unspecified atom stereocenters. The summed E-state index contributed by atoms with van der Waals surface area (Å²) < 4.78 is 5.51. The summed E-state index contributed by atoms with van der Waals surface area (Å²) in [5.74, 6) is 0.312.